The molecular formula is C11H16ClN3O2S. The van der Waals surface area contributed by atoms with Gasteiger partial charge in [0.25, 0.3) is 0 Å². The van der Waals surface area contributed by atoms with Crippen LogP contribution in [0.15, 0.2) is 18.5 Å². The van der Waals surface area contributed by atoms with Crippen LogP contribution < -0.4 is 9.62 Å². The van der Waals surface area contributed by atoms with Crippen LogP contribution in [0.2, 0.25) is 5.02 Å². The summed E-state index contributed by atoms with van der Waals surface area (Å²) in [5.41, 5.74) is 0.962. The molecule has 1 aliphatic heterocycles. The van der Waals surface area contributed by atoms with Gasteiger partial charge in [0, 0.05) is 31.5 Å². The van der Waals surface area contributed by atoms with Gasteiger partial charge >= 0.3 is 0 Å². The lowest BCUT2D eigenvalue weighted by molar-refractivity contribution is 0.461. The standard InChI is InChI=1S/C11H16ClN3O2S/c1-18(16,17)14-9-3-6-15(7-4-9)11-2-5-13-8-10(11)12/h2,5,8-9,14H,3-4,6-7H2,1H3. The smallest absolute Gasteiger partial charge is 0.208 e. The molecule has 0 atom stereocenters. The molecule has 18 heavy (non-hydrogen) atoms. The lowest BCUT2D eigenvalue weighted by Crippen LogP contribution is -2.44. The highest BCUT2D eigenvalue weighted by Crippen LogP contribution is 2.26. The van der Waals surface area contributed by atoms with Crippen LogP contribution in [0.4, 0.5) is 5.69 Å². The van der Waals surface area contributed by atoms with Gasteiger partial charge < -0.3 is 4.90 Å². The van der Waals surface area contributed by atoms with Gasteiger partial charge in [0.15, 0.2) is 0 Å². The molecule has 0 aromatic carbocycles. The highest BCUT2D eigenvalue weighted by atomic mass is 35.5. The van der Waals surface area contributed by atoms with Crippen LogP contribution in [0.3, 0.4) is 0 Å². The normalized spacial score (nSPS) is 18.0. The van der Waals surface area contributed by atoms with Gasteiger partial charge in [-0.05, 0) is 18.9 Å². The van der Waals surface area contributed by atoms with Crippen LogP contribution in [0.5, 0.6) is 0 Å². The van der Waals surface area contributed by atoms with Crippen molar-refractivity contribution in [3.05, 3.63) is 23.5 Å². The molecule has 7 heteroatoms. The number of halogens is 1. The van der Waals surface area contributed by atoms with Gasteiger partial charge in [0.1, 0.15) is 0 Å². The van der Waals surface area contributed by atoms with Crippen molar-refractivity contribution in [2.24, 2.45) is 0 Å². The minimum absolute atomic E-state index is 0.0249. The fourth-order valence-electron chi connectivity index (χ4n) is 2.17. The summed E-state index contributed by atoms with van der Waals surface area (Å²) in [7, 11) is -3.12. The van der Waals surface area contributed by atoms with Crippen LogP contribution in [-0.4, -0.2) is 38.8 Å². The third-order valence-corrected chi connectivity index (χ3v) is 4.02. The van der Waals surface area contributed by atoms with E-state index in [1.54, 1.807) is 12.4 Å². The minimum atomic E-state index is -3.12. The summed E-state index contributed by atoms with van der Waals surface area (Å²) in [6.45, 7) is 1.58. The number of sulfonamides is 1. The molecule has 0 saturated carbocycles. The zero-order valence-corrected chi connectivity index (χ0v) is 11.7. The van der Waals surface area contributed by atoms with Crippen molar-refractivity contribution in [1.29, 1.82) is 0 Å². The summed E-state index contributed by atoms with van der Waals surface area (Å²) in [5, 5.41) is 0.632. The fourth-order valence-corrected chi connectivity index (χ4v) is 3.25. The van der Waals surface area contributed by atoms with Crippen molar-refractivity contribution in [2.45, 2.75) is 18.9 Å². The van der Waals surface area contributed by atoms with Gasteiger partial charge in [-0.2, -0.15) is 0 Å². The average molecular weight is 290 g/mol. The first kappa shape index (κ1) is 13.6. The number of nitrogens with zero attached hydrogens (tertiary/aromatic N) is 2. The van der Waals surface area contributed by atoms with E-state index >= 15 is 0 Å². The maximum atomic E-state index is 11.2. The van der Waals surface area contributed by atoms with E-state index in [2.05, 4.69) is 14.6 Å². The van der Waals surface area contributed by atoms with Gasteiger partial charge in [-0.3, -0.25) is 4.98 Å². The predicted octanol–water partition coefficient (Wildman–Crippen LogP) is 1.25. The molecule has 0 bridgehead atoms. The second kappa shape index (κ2) is 5.42. The number of hydrogen-bond acceptors (Lipinski definition) is 4. The number of hydrogen-bond donors (Lipinski definition) is 1. The van der Waals surface area contributed by atoms with Crippen LogP contribution in [-0.2, 0) is 10.0 Å². The van der Waals surface area contributed by atoms with Crippen molar-refractivity contribution in [3.8, 4) is 0 Å². The molecular weight excluding hydrogens is 274 g/mol. The Balaban J connectivity index is 1.97. The Kier molecular flexibility index (Phi) is 4.09. The first-order valence-corrected chi connectivity index (χ1v) is 8.04. The number of aromatic nitrogens is 1. The lowest BCUT2D eigenvalue weighted by atomic mass is 10.1. The summed E-state index contributed by atoms with van der Waals surface area (Å²) in [4.78, 5) is 6.11. The topological polar surface area (TPSA) is 62.3 Å². The van der Waals surface area contributed by atoms with E-state index < -0.39 is 10.0 Å². The maximum Gasteiger partial charge on any atom is 0.208 e. The minimum Gasteiger partial charge on any atom is -0.370 e. The Bertz CT molecular complexity index is 513. The molecule has 100 valence electrons. The molecule has 2 heterocycles. The number of anilines is 1. The molecule has 0 unspecified atom stereocenters. The summed E-state index contributed by atoms with van der Waals surface area (Å²) in [5.74, 6) is 0. The third-order valence-electron chi connectivity index (χ3n) is 2.97. The largest absolute Gasteiger partial charge is 0.370 e. The first-order valence-electron chi connectivity index (χ1n) is 5.77. The Hall–Kier alpha value is -0.850. The van der Waals surface area contributed by atoms with E-state index in [4.69, 9.17) is 11.6 Å². The number of pyridine rings is 1. The summed E-state index contributed by atoms with van der Waals surface area (Å²) < 4.78 is 24.9. The zero-order valence-electron chi connectivity index (χ0n) is 10.1. The van der Waals surface area contributed by atoms with Gasteiger partial charge in [0.2, 0.25) is 10.0 Å². The second-order valence-electron chi connectivity index (χ2n) is 4.48. The average Bonchev–Trinajstić information content (AvgIpc) is 2.29. The van der Waals surface area contributed by atoms with Crippen molar-refractivity contribution < 1.29 is 8.42 Å². The van der Waals surface area contributed by atoms with Crippen molar-refractivity contribution >= 4 is 27.3 Å². The van der Waals surface area contributed by atoms with Crippen molar-refractivity contribution in [2.75, 3.05) is 24.2 Å². The van der Waals surface area contributed by atoms with E-state index in [0.717, 1.165) is 31.6 Å². The number of rotatable bonds is 3. The highest BCUT2D eigenvalue weighted by Gasteiger charge is 2.22. The van der Waals surface area contributed by atoms with E-state index in [9.17, 15) is 8.42 Å². The summed E-state index contributed by atoms with van der Waals surface area (Å²) in [6.07, 6.45) is 6.09. The second-order valence-corrected chi connectivity index (χ2v) is 6.67. The SMILES string of the molecule is CS(=O)(=O)NC1CCN(c2ccncc2Cl)CC1. The Morgan fingerprint density at radius 3 is 2.67 bits per heavy atom. The molecule has 0 aliphatic carbocycles. The lowest BCUT2D eigenvalue weighted by Gasteiger charge is -2.33. The predicted molar refractivity (Wildman–Crippen MR) is 72.5 cm³/mol. The fraction of sp³-hybridized carbons (Fsp3) is 0.545. The van der Waals surface area contributed by atoms with Gasteiger partial charge in [-0.25, -0.2) is 13.1 Å². The van der Waals surface area contributed by atoms with Crippen molar-refractivity contribution in [1.82, 2.24) is 9.71 Å². The Morgan fingerprint density at radius 1 is 1.44 bits per heavy atom. The molecule has 1 aliphatic rings. The van der Waals surface area contributed by atoms with E-state index in [1.165, 1.54) is 6.26 Å². The van der Waals surface area contributed by atoms with E-state index in [-0.39, 0.29) is 6.04 Å². The van der Waals surface area contributed by atoms with Gasteiger partial charge in [-0.15, -0.1) is 0 Å². The molecule has 0 radical (unpaired) electrons. The molecule has 1 aromatic heterocycles. The Labute approximate surface area is 112 Å². The molecule has 0 spiro atoms. The molecule has 2 rings (SSSR count). The van der Waals surface area contributed by atoms with Crippen LogP contribution in [0.1, 0.15) is 12.8 Å². The monoisotopic (exact) mass is 289 g/mol. The summed E-state index contributed by atoms with van der Waals surface area (Å²) >= 11 is 6.08. The molecule has 1 saturated heterocycles. The maximum absolute atomic E-state index is 11.2. The molecule has 5 nitrogen and oxygen atoms in total. The van der Waals surface area contributed by atoms with Gasteiger partial charge in [-0.1, -0.05) is 11.6 Å². The van der Waals surface area contributed by atoms with E-state index in [1.807, 2.05) is 6.07 Å². The van der Waals surface area contributed by atoms with Gasteiger partial charge in [0.05, 0.1) is 17.0 Å². The van der Waals surface area contributed by atoms with Crippen molar-refractivity contribution in [3.63, 3.8) is 0 Å². The molecule has 1 fully saturated rings. The van der Waals surface area contributed by atoms with Crippen LogP contribution >= 0.6 is 11.6 Å². The highest BCUT2D eigenvalue weighted by molar-refractivity contribution is 7.88. The molecule has 0 amide bonds. The third kappa shape index (κ3) is 3.57. The van der Waals surface area contributed by atoms with Crippen LogP contribution in [0.25, 0.3) is 0 Å². The number of nitrogens with one attached hydrogen (secondary N) is 1. The van der Waals surface area contributed by atoms with Crippen LogP contribution in [0, 0.1) is 0 Å². The molecule has 1 N–H and O–H groups in total. The first-order chi connectivity index (χ1) is 8.46. The Morgan fingerprint density at radius 2 is 2.11 bits per heavy atom. The van der Waals surface area contributed by atoms with E-state index in [0.29, 0.717) is 5.02 Å². The summed E-state index contributed by atoms with van der Waals surface area (Å²) in [6, 6.07) is 1.91. The number of piperidine rings is 1. The zero-order chi connectivity index (χ0) is 13.2. The quantitative estimate of drug-likeness (QED) is 0.910. The molecule has 1 aromatic rings.